The molecule has 2 aromatic rings. The largest absolute Gasteiger partial charge is 0.306 e. The molecule has 5 heteroatoms. The van der Waals surface area contributed by atoms with Gasteiger partial charge >= 0.3 is 0 Å². The average molecular weight is 424 g/mol. The van der Waals surface area contributed by atoms with E-state index in [0.717, 1.165) is 26.2 Å². The molecular weight excluding hydrogens is 409 g/mol. The van der Waals surface area contributed by atoms with Gasteiger partial charge < -0.3 is 5.32 Å². The van der Waals surface area contributed by atoms with Gasteiger partial charge in [-0.3, -0.25) is 0 Å². The highest BCUT2D eigenvalue weighted by Gasteiger charge is 2.16. The second kappa shape index (κ2) is 7.23. The molecule has 1 nitrogen and oxygen atoms in total. The van der Waals surface area contributed by atoms with Gasteiger partial charge in [0.1, 0.15) is 0 Å². The van der Waals surface area contributed by atoms with Crippen LogP contribution in [0.4, 0.5) is 0 Å². The maximum atomic E-state index is 6.20. The number of hydrogen-bond donors (Lipinski definition) is 1. The molecule has 0 aliphatic rings. The molecule has 2 rings (SSSR count). The summed E-state index contributed by atoms with van der Waals surface area (Å²) in [5, 5.41) is 4.32. The van der Waals surface area contributed by atoms with Gasteiger partial charge in [0.05, 0.1) is 14.9 Å². The quantitative estimate of drug-likeness (QED) is 0.620. The lowest BCUT2D eigenvalue weighted by atomic mass is 10.1. The minimum absolute atomic E-state index is 0.196. The number of hydrogen-bond acceptors (Lipinski definition) is 2. The van der Waals surface area contributed by atoms with Crippen molar-refractivity contribution in [2.75, 3.05) is 6.54 Å². The molecule has 0 saturated carbocycles. The Bertz CT molecular complexity index is 556. The van der Waals surface area contributed by atoms with Gasteiger partial charge in [-0.25, -0.2) is 0 Å². The van der Waals surface area contributed by atoms with Crippen LogP contribution in [0.15, 0.2) is 38.6 Å². The second-order valence-electron chi connectivity index (χ2n) is 4.20. The summed E-state index contributed by atoms with van der Waals surface area (Å²) in [7, 11) is 0. The molecule has 0 aliphatic carbocycles. The minimum Gasteiger partial charge on any atom is -0.306 e. The van der Waals surface area contributed by atoms with Crippen molar-refractivity contribution in [2.45, 2.75) is 19.4 Å². The summed E-state index contributed by atoms with van der Waals surface area (Å²) in [6.45, 7) is 3.15. The van der Waals surface area contributed by atoms with Crippen molar-refractivity contribution >= 4 is 54.8 Å². The van der Waals surface area contributed by atoms with Crippen LogP contribution in [0, 0.1) is 0 Å². The Balaban J connectivity index is 2.33. The summed E-state index contributed by atoms with van der Waals surface area (Å²) < 4.78 is 2.08. The molecule has 1 unspecified atom stereocenters. The minimum atomic E-state index is 0.196. The zero-order valence-corrected chi connectivity index (χ0v) is 15.2. The van der Waals surface area contributed by atoms with Crippen LogP contribution < -0.4 is 5.32 Å². The van der Waals surface area contributed by atoms with E-state index in [0.29, 0.717) is 0 Å². The van der Waals surface area contributed by atoms with Gasteiger partial charge in [0.2, 0.25) is 0 Å². The first-order chi connectivity index (χ1) is 9.11. The second-order valence-corrected chi connectivity index (χ2v) is 7.96. The molecule has 102 valence electrons. The summed E-state index contributed by atoms with van der Waals surface area (Å²) in [6.07, 6.45) is 1.10. The van der Waals surface area contributed by atoms with Gasteiger partial charge in [-0.2, -0.15) is 0 Å². The fourth-order valence-corrected chi connectivity index (χ4v) is 3.81. The van der Waals surface area contributed by atoms with E-state index in [-0.39, 0.29) is 6.04 Å². The highest BCUT2D eigenvalue weighted by Crippen LogP contribution is 2.33. The van der Waals surface area contributed by atoms with Crippen LogP contribution in [0.5, 0.6) is 0 Å². The maximum Gasteiger partial charge on any atom is 0.0702 e. The summed E-state index contributed by atoms with van der Waals surface area (Å²) in [4.78, 5) is 1.29. The van der Waals surface area contributed by atoms with Gasteiger partial charge in [-0.05, 0) is 74.7 Å². The molecule has 19 heavy (non-hydrogen) atoms. The topological polar surface area (TPSA) is 12.0 Å². The Kier molecular flexibility index (Phi) is 5.90. The van der Waals surface area contributed by atoms with Gasteiger partial charge in [0.25, 0.3) is 0 Å². The Hall–Kier alpha value is 0.130. The molecule has 0 spiro atoms. The lowest BCUT2D eigenvalue weighted by molar-refractivity contribution is 0.606. The summed E-state index contributed by atoms with van der Waals surface area (Å²) >= 11 is 14.9. The normalized spacial score (nSPS) is 12.6. The average Bonchev–Trinajstić information content (AvgIpc) is 2.80. The summed E-state index contributed by atoms with van der Waals surface area (Å²) in [6, 6.07) is 10.6. The van der Waals surface area contributed by atoms with Crippen molar-refractivity contribution in [3.05, 3.63) is 54.1 Å². The van der Waals surface area contributed by atoms with Crippen LogP contribution in [0.3, 0.4) is 0 Å². The van der Waals surface area contributed by atoms with Gasteiger partial charge in [-0.15, -0.1) is 11.3 Å². The maximum absolute atomic E-state index is 6.20. The zero-order chi connectivity index (χ0) is 13.8. The molecule has 0 fully saturated rings. The highest BCUT2D eigenvalue weighted by atomic mass is 79.9. The van der Waals surface area contributed by atoms with E-state index in [4.69, 9.17) is 11.6 Å². The van der Waals surface area contributed by atoms with Gasteiger partial charge in [-0.1, -0.05) is 24.6 Å². The van der Waals surface area contributed by atoms with Crippen LogP contribution in [-0.2, 0) is 0 Å². The number of thiophene rings is 1. The Morgan fingerprint density at radius 1 is 1.26 bits per heavy atom. The van der Waals surface area contributed by atoms with Crippen LogP contribution >= 0.6 is 54.8 Å². The molecule has 1 heterocycles. The number of nitrogens with one attached hydrogen (secondary N) is 1. The van der Waals surface area contributed by atoms with E-state index in [1.807, 2.05) is 12.1 Å². The van der Waals surface area contributed by atoms with Crippen molar-refractivity contribution in [3.63, 3.8) is 0 Å². The molecule has 1 aromatic carbocycles. The van der Waals surface area contributed by atoms with Crippen LogP contribution in [0.1, 0.15) is 29.8 Å². The molecule has 1 aromatic heterocycles. The molecule has 0 aliphatic heterocycles. The number of halogens is 3. The fraction of sp³-hybridized carbons (Fsp3) is 0.286. The SMILES string of the molecule is CCCNC(c1ccc(Br)c(Cl)c1)c1ccc(Br)s1. The van der Waals surface area contributed by atoms with E-state index in [1.54, 1.807) is 11.3 Å². The standard InChI is InChI=1S/C14H14Br2ClNS/c1-2-7-18-14(12-5-6-13(16)19-12)9-3-4-10(15)11(17)8-9/h3-6,8,14,18H,2,7H2,1H3. The Morgan fingerprint density at radius 2 is 2.05 bits per heavy atom. The van der Waals surface area contributed by atoms with E-state index in [1.165, 1.54) is 10.4 Å². The molecule has 1 atom stereocenters. The Morgan fingerprint density at radius 3 is 2.63 bits per heavy atom. The molecule has 0 bridgehead atoms. The van der Waals surface area contributed by atoms with E-state index in [2.05, 4.69) is 62.3 Å². The van der Waals surface area contributed by atoms with Crippen molar-refractivity contribution in [2.24, 2.45) is 0 Å². The van der Waals surface area contributed by atoms with Gasteiger partial charge in [0.15, 0.2) is 0 Å². The third kappa shape index (κ3) is 4.05. The lowest BCUT2D eigenvalue weighted by Crippen LogP contribution is -2.22. The first kappa shape index (κ1) is 15.5. The predicted octanol–water partition coefficient (Wildman–Crippen LogP) is 6.02. The monoisotopic (exact) mass is 421 g/mol. The van der Waals surface area contributed by atoms with Crippen LogP contribution in [0.25, 0.3) is 0 Å². The van der Waals surface area contributed by atoms with Crippen LogP contribution in [0.2, 0.25) is 5.02 Å². The van der Waals surface area contributed by atoms with Crippen molar-refractivity contribution < 1.29 is 0 Å². The molecular formula is C14H14Br2ClNS. The lowest BCUT2D eigenvalue weighted by Gasteiger charge is -2.18. The smallest absolute Gasteiger partial charge is 0.0702 e. The third-order valence-corrected chi connectivity index (χ3v) is 5.67. The third-order valence-electron chi connectivity index (χ3n) is 2.75. The number of rotatable bonds is 5. The van der Waals surface area contributed by atoms with E-state index < -0.39 is 0 Å². The van der Waals surface area contributed by atoms with Gasteiger partial charge in [0, 0.05) is 9.35 Å². The first-order valence-corrected chi connectivity index (χ1v) is 8.83. The Labute approximate surface area is 139 Å². The van der Waals surface area contributed by atoms with Crippen molar-refractivity contribution in [1.29, 1.82) is 0 Å². The molecule has 0 saturated heterocycles. The summed E-state index contributed by atoms with van der Waals surface area (Å²) in [5.74, 6) is 0. The molecule has 1 N–H and O–H groups in total. The van der Waals surface area contributed by atoms with Crippen molar-refractivity contribution in [3.8, 4) is 0 Å². The highest BCUT2D eigenvalue weighted by molar-refractivity contribution is 9.11. The van der Waals surface area contributed by atoms with E-state index in [9.17, 15) is 0 Å². The first-order valence-electron chi connectivity index (χ1n) is 6.05. The predicted molar refractivity (Wildman–Crippen MR) is 91.3 cm³/mol. The van der Waals surface area contributed by atoms with E-state index >= 15 is 0 Å². The molecule has 0 radical (unpaired) electrons. The van der Waals surface area contributed by atoms with Crippen LogP contribution in [-0.4, -0.2) is 6.54 Å². The summed E-state index contributed by atoms with van der Waals surface area (Å²) in [5.41, 5.74) is 1.19. The number of benzene rings is 1. The zero-order valence-electron chi connectivity index (χ0n) is 10.4. The molecule has 0 amide bonds. The fourth-order valence-electron chi connectivity index (χ4n) is 1.85. The van der Waals surface area contributed by atoms with Crippen molar-refractivity contribution in [1.82, 2.24) is 5.32 Å².